The fourth-order valence-corrected chi connectivity index (χ4v) is 3.35. The van der Waals surface area contributed by atoms with Gasteiger partial charge in [0, 0.05) is 49.8 Å². The highest BCUT2D eigenvalue weighted by molar-refractivity contribution is 7.09. The number of aryl methyl sites for hydroxylation is 1. The van der Waals surface area contributed by atoms with Crippen LogP contribution in [0.25, 0.3) is 0 Å². The van der Waals surface area contributed by atoms with Crippen LogP contribution in [0.5, 0.6) is 0 Å². The molecule has 0 aliphatic carbocycles. The summed E-state index contributed by atoms with van der Waals surface area (Å²) in [6.07, 6.45) is 0.847. The molecule has 1 aliphatic rings. The van der Waals surface area contributed by atoms with Crippen LogP contribution in [0.2, 0.25) is 0 Å². The maximum Gasteiger partial charge on any atom is 0.238 e. The predicted octanol–water partition coefficient (Wildman–Crippen LogP) is 2.00. The second kappa shape index (κ2) is 7.67. The first-order chi connectivity index (χ1) is 11.6. The zero-order valence-corrected chi connectivity index (χ0v) is 14.4. The molecule has 0 radical (unpaired) electrons. The molecule has 0 saturated carbocycles. The number of benzene rings is 1. The highest BCUT2D eigenvalue weighted by Crippen LogP contribution is 2.19. The van der Waals surface area contributed by atoms with Gasteiger partial charge < -0.3 is 10.2 Å². The summed E-state index contributed by atoms with van der Waals surface area (Å²) >= 11 is 1.44. The average molecular weight is 349 g/mol. The van der Waals surface area contributed by atoms with Crippen LogP contribution >= 0.6 is 11.5 Å². The Morgan fingerprint density at radius 2 is 1.96 bits per heavy atom. The molecule has 0 unspecified atom stereocenters. The highest BCUT2D eigenvalue weighted by Gasteiger charge is 2.21. The van der Waals surface area contributed by atoms with Crippen molar-refractivity contribution in [3.05, 3.63) is 35.9 Å². The summed E-state index contributed by atoms with van der Waals surface area (Å²) < 4.78 is 17.2. The number of amides is 1. The van der Waals surface area contributed by atoms with Crippen LogP contribution in [0.3, 0.4) is 0 Å². The Labute approximate surface area is 144 Å². The zero-order valence-electron chi connectivity index (χ0n) is 13.5. The Kier molecular flexibility index (Phi) is 5.37. The predicted molar refractivity (Wildman–Crippen MR) is 93.0 cm³/mol. The molecule has 3 rings (SSSR count). The van der Waals surface area contributed by atoms with E-state index in [1.807, 2.05) is 6.92 Å². The Balaban J connectivity index is 1.46. The molecule has 1 amide bonds. The summed E-state index contributed by atoms with van der Waals surface area (Å²) in [6, 6.07) is 5.79. The van der Waals surface area contributed by atoms with Gasteiger partial charge in [0.05, 0.1) is 6.54 Å². The average Bonchev–Trinajstić information content (AvgIpc) is 3.07. The largest absolute Gasteiger partial charge is 0.344 e. The Bertz CT molecular complexity index is 682. The van der Waals surface area contributed by atoms with Crippen molar-refractivity contribution in [1.29, 1.82) is 0 Å². The van der Waals surface area contributed by atoms with Gasteiger partial charge in [-0.3, -0.25) is 9.69 Å². The summed E-state index contributed by atoms with van der Waals surface area (Å²) in [4.78, 5) is 20.9. The lowest BCUT2D eigenvalue weighted by molar-refractivity contribution is -0.117. The van der Waals surface area contributed by atoms with Crippen LogP contribution in [0.4, 0.5) is 15.2 Å². The van der Waals surface area contributed by atoms with E-state index < -0.39 is 0 Å². The third-order valence-electron chi connectivity index (χ3n) is 3.91. The number of hydrogen-bond acceptors (Lipinski definition) is 6. The van der Waals surface area contributed by atoms with Crippen molar-refractivity contribution in [3.63, 3.8) is 0 Å². The number of hydrogen-bond donors (Lipinski definition) is 1. The van der Waals surface area contributed by atoms with E-state index in [1.165, 1.54) is 23.7 Å². The minimum atomic E-state index is -0.313. The second-order valence-corrected chi connectivity index (χ2v) is 6.40. The first kappa shape index (κ1) is 16.8. The van der Waals surface area contributed by atoms with E-state index in [-0.39, 0.29) is 11.7 Å². The van der Waals surface area contributed by atoms with E-state index in [0.29, 0.717) is 12.2 Å². The number of nitrogens with one attached hydrogen (secondary N) is 1. The van der Waals surface area contributed by atoms with Crippen molar-refractivity contribution >= 4 is 28.3 Å². The first-order valence-corrected chi connectivity index (χ1v) is 8.76. The minimum Gasteiger partial charge on any atom is -0.344 e. The number of piperazine rings is 1. The number of halogens is 1. The molecule has 0 bridgehead atoms. The molecule has 1 aromatic heterocycles. The van der Waals surface area contributed by atoms with Crippen molar-refractivity contribution in [2.45, 2.75) is 13.3 Å². The topological polar surface area (TPSA) is 61.4 Å². The molecule has 1 aliphatic heterocycles. The Morgan fingerprint density at radius 3 is 2.58 bits per heavy atom. The van der Waals surface area contributed by atoms with Crippen LogP contribution in [0, 0.1) is 5.82 Å². The van der Waals surface area contributed by atoms with Crippen molar-refractivity contribution in [1.82, 2.24) is 14.3 Å². The summed E-state index contributed by atoms with van der Waals surface area (Å²) in [5, 5.41) is 3.75. The second-order valence-electron chi connectivity index (χ2n) is 5.66. The van der Waals surface area contributed by atoms with Gasteiger partial charge in [-0.25, -0.2) is 9.37 Å². The molecule has 1 saturated heterocycles. The van der Waals surface area contributed by atoms with Gasteiger partial charge in [-0.15, -0.1) is 0 Å². The van der Waals surface area contributed by atoms with Crippen molar-refractivity contribution in [2.24, 2.45) is 0 Å². The minimum absolute atomic E-state index is 0.0840. The van der Waals surface area contributed by atoms with Gasteiger partial charge in [-0.05, 0) is 24.3 Å². The molecule has 8 heteroatoms. The third-order valence-corrected chi connectivity index (χ3v) is 4.73. The SMILES string of the molecule is CCc1nsc(N2CCN(CC(=O)Nc3ccc(F)cc3)CC2)n1. The number of carbonyl (C=O) groups is 1. The Morgan fingerprint density at radius 1 is 1.25 bits per heavy atom. The van der Waals surface area contributed by atoms with Gasteiger partial charge in [0.1, 0.15) is 11.6 Å². The number of carbonyl (C=O) groups excluding carboxylic acids is 1. The van der Waals surface area contributed by atoms with Crippen LogP contribution in [-0.2, 0) is 11.2 Å². The van der Waals surface area contributed by atoms with Gasteiger partial charge in [0.2, 0.25) is 11.0 Å². The first-order valence-electron chi connectivity index (χ1n) is 7.99. The molecule has 6 nitrogen and oxygen atoms in total. The Hall–Kier alpha value is -2.06. The molecule has 0 atom stereocenters. The van der Waals surface area contributed by atoms with E-state index in [4.69, 9.17) is 0 Å². The molecular weight excluding hydrogens is 329 g/mol. The monoisotopic (exact) mass is 349 g/mol. The van der Waals surface area contributed by atoms with Crippen molar-refractivity contribution in [2.75, 3.05) is 42.9 Å². The summed E-state index contributed by atoms with van der Waals surface area (Å²) in [7, 11) is 0. The maximum absolute atomic E-state index is 12.9. The molecule has 1 fully saturated rings. The number of rotatable bonds is 5. The van der Waals surface area contributed by atoms with Crippen molar-refractivity contribution in [3.8, 4) is 0 Å². The van der Waals surface area contributed by atoms with Crippen LogP contribution in [0.1, 0.15) is 12.7 Å². The fourth-order valence-electron chi connectivity index (χ4n) is 2.55. The molecule has 128 valence electrons. The molecule has 2 aromatic rings. The van der Waals surface area contributed by atoms with Crippen molar-refractivity contribution < 1.29 is 9.18 Å². The smallest absolute Gasteiger partial charge is 0.238 e. The summed E-state index contributed by atoms with van der Waals surface area (Å²) in [6.45, 7) is 5.66. The highest BCUT2D eigenvalue weighted by atomic mass is 32.1. The van der Waals surface area contributed by atoms with Gasteiger partial charge in [-0.2, -0.15) is 4.37 Å². The summed E-state index contributed by atoms with van der Waals surface area (Å²) in [5.41, 5.74) is 0.612. The fraction of sp³-hybridized carbons (Fsp3) is 0.438. The van der Waals surface area contributed by atoms with E-state index in [0.717, 1.165) is 43.6 Å². The summed E-state index contributed by atoms with van der Waals surface area (Å²) in [5.74, 6) is 0.488. The maximum atomic E-state index is 12.9. The molecule has 1 N–H and O–H groups in total. The van der Waals surface area contributed by atoms with Crippen LogP contribution in [-0.4, -0.2) is 52.9 Å². The van der Waals surface area contributed by atoms with Gasteiger partial charge in [-0.1, -0.05) is 6.92 Å². The van der Waals surface area contributed by atoms with E-state index >= 15 is 0 Å². The lowest BCUT2D eigenvalue weighted by Gasteiger charge is -2.33. The molecular formula is C16H20FN5OS. The normalized spacial score (nSPS) is 15.5. The standard InChI is InChI=1S/C16H20FN5OS/c1-2-14-19-16(24-20-14)22-9-7-21(8-10-22)11-15(23)18-13-5-3-12(17)4-6-13/h3-6H,2,7-11H2,1H3,(H,18,23). The van der Waals surface area contributed by atoms with Gasteiger partial charge >= 0.3 is 0 Å². The lowest BCUT2D eigenvalue weighted by atomic mass is 10.3. The molecule has 1 aromatic carbocycles. The number of aromatic nitrogens is 2. The van der Waals surface area contributed by atoms with E-state index in [1.54, 1.807) is 12.1 Å². The zero-order chi connectivity index (χ0) is 16.9. The number of anilines is 2. The molecule has 24 heavy (non-hydrogen) atoms. The van der Waals surface area contributed by atoms with Gasteiger partial charge in [0.25, 0.3) is 0 Å². The van der Waals surface area contributed by atoms with E-state index in [9.17, 15) is 9.18 Å². The van der Waals surface area contributed by atoms with Crippen LogP contribution < -0.4 is 10.2 Å². The molecule has 2 heterocycles. The van der Waals surface area contributed by atoms with Gasteiger partial charge in [0.15, 0.2) is 0 Å². The quantitative estimate of drug-likeness (QED) is 0.895. The molecule has 0 spiro atoms. The number of nitrogens with zero attached hydrogens (tertiary/aromatic N) is 4. The van der Waals surface area contributed by atoms with Crippen LogP contribution in [0.15, 0.2) is 24.3 Å². The van der Waals surface area contributed by atoms with E-state index in [2.05, 4.69) is 24.5 Å². The third kappa shape index (κ3) is 4.27. The lowest BCUT2D eigenvalue weighted by Crippen LogP contribution is -2.48.